The van der Waals surface area contributed by atoms with Crippen LogP contribution >= 0.6 is 0 Å². The normalized spacial score (nSPS) is 17.4. The maximum Gasteiger partial charge on any atom is 0.0911 e. The first-order valence-electron chi connectivity index (χ1n) is 14.9. The zero-order valence-electron chi connectivity index (χ0n) is 24.1. The molecular weight excluding hydrogens is 524 g/mol. The van der Waals surface area contributed by atoms with E-state index in [0.29, 0.717) is 0 Å². The van der Waals surface area contributed by atoms with Gasteiger partial charge in [0.15, 0.2) is 0 Å². The van der Waals surface area contributed by atoms with Crippen LogP contribution in [0.5, 0.6) is 0 Å². The lowest BCUT2D eigenvalue weighted by Gasteiger charge is -2.33. The van der Waals surface area contributed by atoms with E-state index in [0.717, 1.165) is 22.8 Å². The Morgan fingerprint density at radius 1 is 0.721 bits per heavy atom. The van der Waals surface area contributed by atoms with E-state index in [-0.39, 0.29) is 11.5 Å². The van der Waals surface area contributed by atoms with E-state index in [1.807, 2.05) is 6.20 Å². The summed E-state index contributed by atoms with van der Waals surface area (Å²) in [6.07, 6.45) is 6.49. The predicted octanol–water partition coefficient (Wildman–Crippen LogP) is 9.21. The first kappa shape index (κ1) is 24.3. The number of rotatable bonds is 2. The molecule has 3 aliphatic rings. The quantitative estimate of drug-likeness (QED) is 0.232. The summed E-state index contributed by atoms with van der Waals surface area (Å²) < 4.78 is 2.44. The number of fused-ring (bicyclic) bond motifs is 10. The van der Waals surface area contributed by atoms with Crippen molar-refractivity contribution in [1.29, 1.82) is 0 Å². The Kier molecular flexibility index (Phi) is 4.98. The third kappa shape index (κ3) is 3.29. The highest BCUT2D eigenvalue weighted by Crippen LogP contribution is 2.55. The third-order valence-corrected chi connectivity index (χ3v) is 9.48. The molecule has 4 heteroatoms. The van der Waals surface area contributed by atoms with Gasteiger partial charge in [-0.05, 0) is 53.6 Å². The predicted molar refractivity (Wildman–Crippen MR) is 176 cm³/mol. The lowest BCUT2D eigenvalue weighted by atomic mass is 9.81. The van der Waals surface area contributed by atoms with Gasteiger partial charge in [-0.3, -0.25) is 4.98 Å². The van der Waals surface area contributed by atoms with E-state index in [4.69, 9.17) is 4.98 Å². The topological polar surface area (TPSA) is 33.1 Å². The summed E-state index contributed by atoms with van der Waals surface area (Å²) in [6, 6.07) is 41.6. The molecule has 43 heavy (non-hydrogen) atoms. The highest BCUT2D eigenvalue weighted by molar-refractivity contribution is 6.12. The minimum atomic E-state index is -0.130. The Labute approximate surface area is 251 Å². The van der Waals surface area contributed by atoms with Crippen LogP contribution in [0.15, 0.2) is 145 Å². The van der Waals surface area contributed by atoms with E-state index in [1.165, 1.54) is 50.1 Å². The summed E-state index contributed by atoms with van der Waals surface area (Å²) in [4.78, 5) is 7.24. The molecule has 2 aliphatic heterocycles. The number of pyridine rings is 1. The van der Waals surface area contributed by atoms with Crippen molar-refractivity contribution in [3.8, 4) is 28.1 Å². The summed E-state index contributed by atoms with van der Waals surface area (Å²) in [7, 11) is 0. The summed E-state index contributed by atoms with van der Waals surface area (Å²) in [5.74, 6) is 0. The molecular formula is C39H30N4. The van der Waals surface area contributed by atoms with Crippen LogP contribution in [-0.4, -0.2) is 9.55 Å². The van der Waals surface area contributed by atoms with E-state index >= 15 is 0 Å². The van der Waals surface area contributed by atoms with Crippen molar-refractivity contribution in [1.82, 2.24) is 14.9 Å². The Hall–Kier alpha value is -5.35. The van der Waals surface area contributed by atoms with Gasteiger partial charge < -0.3 is 14.8 Å². The van der Waals surface area contributed by atoms with Gasteiger partial charge in [0.05, 0.1) is 40.0 Å². The maximum absolute atomic E-state index is 4.80. The number of aromatic nitrogens is 2. The fourth-order valence-electron chi connectivity index (χ4n) is 7.54. The van der Waals surface area contributed by atoms with Gasteiger partial charge in [0.2, 0.25) is 0 Å². The van der Waals surface area contributed by atoms with E-state index in [1.54, 1.807) is 0 Å². The molecule has 1 N–H and O–H groups in total. The number of nitrogens with zero attached hydrogens (tertiary/aromatic N) is 3. The summed E-state index contributed by atoms with van der Waals surface area (Å²) in [5.41, 5.74) is 14.3. The van der Waals surface area contributed by atoms with Gasteiger partial charge in [0.25, 0.3) is 0 Å². The molecule has 0 saturated heterocycles. The average molecular weight is 555 g/mol. The van der Waals surface area contributed by atoms with Gasteiger partial charge in [0.1, 0.15) is 0 Å². The van der Waals surface area contributed by atoms with Crippen LogP contribution in [0.2, 0.25) is 0 Å². The number of hydrogen-bond acceptors (Lipinski definition) is 3. The molecule has 0 bridgehead atoms. The first-order chi connectivity index (χ1) is 21.1. The second-order valence-electron chi connectivity index (χ2n) is 12.1. The summed E-state index contributed by atoms with van der Waals surface area (Å²) >= 11 is 0. The van der Waals surface area contributed by atoms with Crippen molar-refractivity contribution in [2.24, 2.45) is 0 Å². The Morgan fingerprint density at radius 2 is 1.42 bits per heavy atom. The molecule has 1 unspecified atom stereocenters. The van der Waals surface area contributed by atoms with Crippen molar-refractivity contribution < 1.29 is 0 Å². The number of allylic oxidation sites excluding steroid dienone is 1. The Balaban J connectivity index is 1.34. The van der Waals surface area contributed by atoms with Crippen LogP contribution in [0.4, 0.5) is 11.4 Å². The number of dihydropyridines is 1. The minimum absolute atomic E-state index is 0.0796. The smallest absolute Gasteiger partial charge is 0.0911 e. The van der Waals surface area contributed by atoms with Crippen molar-refractivity contribution >= 4 is 22.3 Å². The first-order valence-corrected chi connectivity index (χ1v) is 14.9. The van der Waals surface area contributed by atoms with Crippen molar-refractivity contribution in [3.05, 3.63) is 156 Å². The molecule has 0 amide bonds. The van der Waals surface area contributed by atoms with Crippen LogP contribution in [-0.2, 0) is 5.41 Å². The number of anilines is 2. The molecule has 9 rings (SSSR count). The number of para-hydroxylation sites is 4. The molecule has 6 aromatic rings. The highest BCUT2D eigenvalue weighted by atomic mass is 15.2. The molecule has 0 spiro atoms. The van der Waals surface area contributed by atoms with Gasteiger partial charge in [-0.15, -0.1) is 0 Å². The lowest BCUT2D eigenvalue weighted by molar-refractivity contribution is 0.584. The van der Waals surface area contributed by atoms with Crippen molar-refractivity contribution in [2.45, 2.75) is 25.3 Å². The second kappa shape index (κ2) is 8.83. The monoisotopic (exact) mass is 554 g/mol. The lowest BCUT2D eigenvalue weighted by Crippen LogP contribution is -2.29. The molecule has 4 nitrogen and oxygen atoms in total. The highest BCUT2D eigenvalue weighted by Gasteiger charge is 2.44. The number of hydrogen-bond donors (Lipinski definition) is 1. The molecule has 4 heterocycles. The van der Waals surface area contributed by atoms with Gasteiger partial charge in [0, 0.05) is 45.6 Å². The summed E-state index contributed by atoms with van der Waals surface area (Å²) in [6.45, 7) is 4.64. The molecule has 1 atom stereocenters. The SMILES string of the molecule is CC1(C)C2=CC(N3c4ccccc4-c4c(n(-c5ccccc5)c5ccccc45)-c4ccccc43)=CNC2c2ncccc21. The van der Waals surface area contributed by atoms with E-state index in [2.05, 4.69) is 156 Å². The number of nitrogens with one attached hydrogen (secondary N) is 1. The van der Waals surface area contributed by atoms with Gasteiger partial charge in [-0.2, -0.15) is 0 Å². The standard InChI is InChI=1S/C39H30N4/c1-39(2)30-18-12-22-40-36(30)37-31(39)23-26(24-41-37)42-32-19-9-6-15-27(32)35-28-16-7-10-20-33(28)43(25-13-4-3-5-14-25)38(35)29-17-8-11-21-34(29)42/h3-24,37,41H,1-2H3. The Morgan fingerprint density at radius 3 is 2.26 bits per heavy atom. The molecule has 2 aromatic heterocycles. The zero-order chi connectivity index (χ0) is 28.7. The molecule has 1 aliphatic carbocycles. The van der Waals surface area contributed by atoms with Gasteiger partial charge >= 0.3 is 0 Å². The van der Waals surface area contributed by atoms with Gasteiger partial charge in [-0.1, -0.05) is 92.7 Å². The second-order valence-corrected chi connectivity index (χ2v) is 12.1. The van der Waals surface area contributed by atoms with Crippen LogP contribution in [0, 0.1) is 0 Å². The molecule has 4 aromatic carbocycles. The fraction of sp³-hybridized carbons (Fsp3) is 0.103. The van der Waals surface area contributed by atoms with Crippen molar-refractivity contribution in [2.75, 3.05) is 4.90 Å². The fourth-order valence-corrected chi connectivity index (χ4v) is 7.54. The van der Waals surface area contributed by atoms with Gasteiger partial charge in [-0.25, -0.2) is 0 Å². The Bertz CT molecular complexity index is 2150. The summed E-state index contributed by atoms with van der Waals surface area (Å²) in [5, 5.41) is 5.01. The van der Waals surface area contributed by atoms with E-state index in [9.17, 15) is 0 Å². The average Bonchev–Trinajstić information content (AvgIpc) is 3.46. The van der Waals surface area contributed by atoms with Crippen LogP contribution < -0.4 is 10.2 Å². The van der Waals surface area contributed by atoms with Crippen LogP contribution in [0.1, 0.15) is 31.1 Å². The van der Waals surface area contributed by atoms with Crippen LogP contribution in [0.3, 0.4) is 0 Å². The third-order valence-electron chi connectivity index (χ3n) is 9.48. The maximum atomic E-state index is 4.80. The molecule has 206 valence electrons. The minimum Gasteiger partial charge on any atom is -0.377 e. The largest absolute Gasteiger partial charge is 0.377 e. The molecule has 0 fully saturated rings. The van der Waals surface area contributed by atoms with Crippen molar-refractivity contribution in [3.63, 3.8) is 0 Å². The molecule has 0 radical (unpaired) electrons. The number of benzene rings is 4. The molecule has 0 saturated carbocycles. The zero-order valence-corrected chi connectivity index (χ0v) is 24.1. The van der Waals surface area contributed by atoms with E-state index < -0.39 is 0 Å². The van der Waals surface area contributed by atoms with Crippen LogP contribution in [0.25, 0.3) is 39.0 Å².